The first-order valence-corrected chi connectivity index (χ1v) is 12.4. The number of carboxylic acids is 1. The van der Waals surface area contributed by atoms with Crippen LogP contribution in [0.15, 0.2) is 71.6 Å². The average Bonchev–Trinajstić information content (AvgIpc) is 2.81. The van der Waals surface area contributed by atoms with E-state index in [9.17, 15) is 36.3 Å². The van der Waals surface area contributed by atoms with Crippen molar-refractivity contribution in [3.05, 3.63) is 83.4 Å². The Balaban J connectivity index is 1.70. The molecule has 3 rings (SSSR count). The maximum atomic E-state index is 13.2. The first-order chi connectivity index (χ1) is 17.3. The molecule has 0 saturated heterocycles. The van der Waals surface area contributed by atoms with Crippen LogP contribution in [0.1, 0.15) is 28.4 Å². The van der Waals surface area contributed by atoms with Crippen molar-refractivity contribution in [2.45, 2.75) is 31.5 Å². The molecule has 3 aromatic rings. The first-order valence-electron chi connectivity index (χ1n) is 10.9. The van der Waals surface area contributed by atoms with Crippen LogP contribution in [-0.4, -0.2) is 38.3 Å². The van der Waals surface area contributed by atoms with E-state index in [1.165, 1.54) is 48.5 Å². The molecule has 0 atom stereocenters. The van der Waals surface area contributed by atoms with Gasteiger partial charge in [0.2, 0.25) is 5.91 Å². The van der Waals surface area contributed by atoms with Gasteiger partial charge in [-0.05, 0) is 73.5 Å². The van der Waals surface area contributed by atoms with Gasteiger partial charge in [-0.3, -0.25) is 9.10 Å². The summed E-state index contributed by atoms with van der Waals surface area (Å²) in [6, 6.07) is 14.8. The lowest BCUT2D eigenvalue weighted by Crippen LogP contribution is -2.31. The molecule has 1 amide bonds. The van der Waals surface area contributed by atoms with Crippen molar-refractivity contribution in [2.75, 3.05) is 16.2 Å². The van der Waals surface area contributed by atoms with E-state index in [2.05, 4.69) is 10.1 Å². The van der Waals surface area contributed by atoms with E-state index in [1.807, 2.05) is 0 Å². The zero-order valence-corrected chi connectivity index (χ0v) is 20.6. The van der Waals surface area contributed by atoms with E-state index in [0.29, 0.717) is 22.5 Å². The van der Waals surface area contributed by atoms with E-state index in [4.69, 9.17) is 0 Å². The van der Waals surface area contributed by atoms with Crippen molar-refractivity contribution >= 4 is 33.3 Å². The molecular weight excluding hydrogens is 513 g/mol. The van der Waals surface area contributed by atoms with Gasteiger partial charge in [-0.2, -0.15) is 0 Å². The summed E-state index contributed by atoms with van der Waals surface area (Å²) in [5, 5.41) is 12.0. The monoisotopic (exact) mass is 536 g/mol. The number of alkyl halides is 3. The summed E-state index contributed by atoms with van der Waals surface area (Å²) >= 11 is 0. The number of benzene rings is 3. The Labute approximate surface area is 211 Å². The van der Waals surface area contributed by atoms with Gasteiger partial charge in [-0.15, -0.1) is 13.2 Å². The maximum absolute atomic E-state index is 13.2. The SMILES string of the molecule is CCN(c1ccc(NC(=O)Cc2ccc(OC(F)(F)F)cc2)cc1)S(=O)(=O)c1ccc(C)c(C(=O)O)c1. The molecule has 0 spiro atoms. The molecule has 0 aliphatic rings. The second kappa shape index (κ2) is 10.9. The van der Waals surface area contributed by atoms with Gasteiger partial charge in [0, 0.05) is 12.2 Å². The van der Waals surface area contributed by atoms with E-state index in [1.54, 1.807) is 13.8 Å². The molecule has 0 aliphatic carbocycles. The minimum atomic E-state index is -4.81. The number of halogens is 3. The number of aryl methyl sites for hydroxylation is 1. The van der Waals surface area contributed by atoms with Gasteiger partial charge in [0.15, 0.2) is 0 Å². The summed E-state index contributed by atoms with van der Waals surface area (Å²) in [6.45, 7) is 3.27. The van der Waals surface area contributed by atoms with Gasteiger partial charge in [0.05, 0.1) is 22.6 Å². The second-order valence-corrected chi connectivity index (χ2v) is 9.78. The summed E-state index contributed by atoms with van der Waals surface area (Å²) in [6.07, 6.45) is -4.91. The van der Waals surface area contributed by atoms with Gasteiger partial charge in [-0.1, -0.05) is 18.2 Å². The topological polar surface area (TPSA) is 113 Å². The predicted octanol–water partition coefficient (Wildman–Crippen LogP) is 4.99. The first kappa shape index (κ1) is 27.5. The fraction of sp³-hybridized carbons (Fsp3) is 0.200. The Morgan fingerprint density at radius 3 is 2.16 bits per heavy atom. The van der Waals surface area contributed by atoms with Gasteiger partial charge < -0.3 is 15.2 Å². The van der Waals surface area contributed by atoms with E-state index < -0.39 is 34.0 Å². The number of aromatic carboxylic acids is 1. The zero-order valence-electron chi connectivity index (χ0n) is 19.7. The summed E-state index contributed by atoms with van der Waals surface area (Å²) in [4.78, 5) is 23.6. The Morgan fingerprint density at radius 1 is 1.00 bits per heavy atom. The van der Waals surface area contributed by atoms with Crippen molar-refractivity contribution in [1.29, 1.82) is 0 Å². The van der Waals surface area contributed by atoms with Gasteiger partial charge in [-0.25, -0.2) is 13.2 Å². The molecule has 0 radical (unpaired) electrons. The standard InChI is InChI=1S/C25H23F3N2O6S/c1-3-30(37(34,35)21-13-4-16(2)22(15-21)24(32)33)19-9-7-18(8-10-19)29-23(31)14-17-5-11-20(12-6-17)36-25(26,27)28/h4-13,15H,3,14H2,1-2H3,(H,29,31)(H,32,33). The van der Waals surface area contributed by atoms with Crippen molar-refractivity contribution in [1.82, 2.24) is 0 Å². The number of hydrogen-bond donors (Lipinski definition) is 2. The highest BCUT2D eigenvalue weighted by molar-refractivity contribution is 7.92. The molecule has 0 aliphatic heterocycles. The van der Waals surface area contributed by atoms with Crippen LogP contribution in [0.4, 0.5) is 24.5 Å². The van der Waals surface area contributed by atoms with Crippen LogP contribution in [0.3, 0.4) is 0 Å². The Bertz CT molecular complexity index is 1390. The molecule has 37 heavy (non-hydrogen) atoms. The summed E-state index contributed by atoms with van der Waals surface area (Å²) in [5.74, 6) is -2.06. The Kier molecular flexibility index (Phi) is 8.12. The average molecular weight is 537 g/mol. The molecule has 0 saturated carbocycles. The minimum absolute atomic E-state index is 0.0678. The number of carbonyl (C=O) groups excluding carboxylic acids is 1. The van der Waals surface area contributed by atoms with Crippen LogP contribution in [0.25, 0.3) is 0 Å². The number of rotatable bonds is 9. The summed E-state index contributed by atoms with van der Waals surface area (Å²) in [7, 11) is -4.07. The third kappa shape index (κ3) is 7.00. The fourth-order valence-electron chi connectivity index (χ4n) is 3.52. The lowest BCUT2D eigenvalue weighted by Gasteiger charge is -2.23. The normalized spacial score (nSPS) is 11.6. The largest absolute Gasteiger partial charge is 0.573 e. The number of ether oxygens (including phenoxy) is 1. The molecule has 12 heteroatoms. The number of hydrogen-bond acceptors (Lipinski definition) is 5. The summed E-state index contributed by atoms with van der Waals surface area (Å²) in [5.41, 5.74) is 1.46. The van der Waals surface area contributed by atoms with Gasteiger partial charge in [0.25, 0.3) is 10.0 Å². The molecule has 0 fully saturated rings. The number of sulfonamides is 1. The predicted molar refractivity (Wildman–Crippen MR) is 130 cm³/mol. The quantitative estimate of drug-likeness (QED) is 0.399. The van der Waals surface area contributed by atoms with Crippen LogP contribution < -0.4 is 14.4 Å². The highest BCUT2D eigenvalue weighted by Gasteiger charge is 2.31. The third-order valence-electron chi connectivity index (χ3n) is 5.28. The molecular formula is C25H23F3N2O6S. The van der Waals surface area contributed by atoms with Crippen molar-refractivity contribution in [2.24, 2.45) is 0 Å². The van der Waals surface area contributed by atoms with Crippen LogP contribution in [0.5, 0.6) is 5.75 Å². The number of nitrogens with zero attached hydrogens (tertiary/aromatic N) is 1. The molecule has 0 heterocycles. The maximum Gasteiger partial charge on any atom is 0.573 e. The number of carboxylic acid groups (broad SMARTS) is 1. The highest BCUT2D eigenvalue weighted by atomic mass is 32.2. The van der Waals surface area contributed by atoms with Gasteiger partial charge in [0.1, 0.15) is 5.75 Å². The number of amides is 1. The second-order valence-electron chi connectivity index (χ2n) is 7.92. The summed E-state index contributed by atoms with van der Waals surface area (Å²) < 4.78 is 68.1. The van der Waals surface area contributed by atoms with Crippen molar-refractivity contribution in [3.63, 3.8) is 0 Å². The molecule has 0 bridgehead atoms. The Hall–Kier alpha value is -4.06. The van der Waals surface area contributed by atoms with E-state index in [0.717, 1.165) is 22.5 Å². The lowest BCUT2D eigenvalue weighted by atomic mass is 10.1. The van der Waals surface area contributed by atoms with Crippen LogP contribution in [0, 0.1) is 6.92 Å². The number of carbonyl (C=O) groups is 2. The van der Waals surface area contributed by atoms with E-state index in [-0.39, 0.29) is 23.4 Å². The molecule has 2 N–H and O–H groups in total. The van der Waals surface area contributed by atoms with Crippen LogP contribution >= 0.6 is 0 Å². The smallest absolute Gasteiger partial charge is 0.478 e. The molecule has 8 nitrogen and oxygen atoms in total. The highest BCUT2D eigenvalue weighted by Crippen LogP contribution is 2.27. The third-order valence-corrected chi connectivity index (χ3v) is 7.17. The molecule has 3 aromatic carbocycles. The number of nitrogens with one attached hydrogen (secondary N) is 1. The van der Waals surface area contributed by atoms with Crippen molar-refractivity contribution in [3.8, 4) is 5.75 Å². The van der Waals surface area contributed by atoms with Crippen LogP contribution in [0.2, 0.25) is 0 Å². The number of anilines is 2. The Morgan fingerprint density at radius 2 is 1.62 bits per heavy atom. The fourth-order valence-corrected chi connectivity index (χ4v) is 5.02. The zero-order chi connectivity index (χ0) is 27.4. The minimum Gasteiger partial charge on any atom is -0.478 e. The van der Waals surface area contributed by atoms with Crippen molar-refractivity contribution < 1.29 is 41.0 Å². The van der Waals surface area contributed by atoms with E-state index >= 15 is 0 Å². The van der Waals surface area contributed by atoms with Gasteiger partial charge >= 0.3 is 12.3 Å². The molecule has 0 aromatic heterocycles. The van der Waals surface area contributed by atoms with Crippen LogP contribution in [-0.2, 0) is 21.2 Å². The molecule has 196 valence electrons. The lowest BCUT2D eigenvalue weighted by molar-refractivity contribution is -0.274. The molecule has 0 unspecified atom stereocenters.